The molecule has 6 nitrogen and oxygen atoms in total. The van der Waals surface area contributed by atoms with E-state index in [4.69, 9.17) is 14.6 Å². The van der Waals surface area contributed by atoms with E-state index in [1.54, 1.807) is 18.2 Å². The third kappa shape index (κ3) is 4.50. The van der Waals surface area contributed by atoms with Gasteiger partial charge in [0.15, 0.2) is 0 Å². The second-order valence-corrected chi connectivity index (χ2v) is 3.81. The molecule has 6 heteroatoms. The maximum absolute atomic E-state index is 11.7. The van der Waals surface area contributed by atoms with E-state index in [1.807, 2.05) is 0 Å². The van der Waals surface area contributed by atoms with Crippen LogP contribution in [-0.4, -0.2) is 37.7 Å². The van der Waals surface area contributed by atoms with Crippen molar-refractivity contribution in [1.29, 1.82) is 0 Å². The van der Waals surface area contributed by atoms with Gasteiger partial charge < -0.3 is 19.9 Å². The summed E-state index contributed by atoms with van der Waals surface area (Å²) in [5.74, 6) is -0.0975. The summed E-state index contributed by atoms with van der Waals surface area (Å²) in [5.41, 5.74) is 0.639. The lowest BCUT2D eigenvalue weighted by molar-refractivity contribution is -0.136. The molecule has 0 aliphatic heterocycles. The standard InChI is InChI=1S/C13H17NO5/c1-18-10-4-3-5-11(19-2)9(10)8-12(15)14-7-6-13(16)17/h3-5H,6-8H2,1-2H3,(H,14,15)(H,16,17). The fourth-order valence-electron chi connectivity index (χ4n) is 1.63. The Kier molecular flexibility index (Phi) is 5.66. The zero-order chi connectivity index (χ0) is 14.3. The van der Waals surface area contributed by atoms with Crippen LogP contribution in [0.4, 0.5) is 0 Å². The predicted octanol–water partition coefficient (Wildman–Crippen LogP) is 0.837. The minimum atomic E-state index is -0.949. The van der Waals surface area contributed by atoms with Crippen LogP contribution < -0.4 is 14.8 Å². The molecule has 0 heterocycles. The fraction of sp³-hybridized carbons (Fsp3) is 0.385. The summed E-state index contributed by atoms with van der Waals surface area (Å²) in [7, 11) is 3.03. The van der Waals surface area contributed by atoms with Gasteiger partial charge in [-0.15, -0.1) is 0 Å². The van der Waals surface area contributed by atoms with E-state index in [1.165, 1.54) is 14.2 Å². The van der Waals surface area contributed by atoms with Crippen molar-refractivity contribution in [2.24, 2.45) is 0 Å². The molecule has 1 aromatic rings. The molecule has 1 amide bonds. The highest BCUT2D eigenvalue weighted by Crippen LogP contribution is 2.28. The van der Waals surface area contributed by atoms with Gasteiger partial charge >= 0.3 is 5.97 Å². The lowest BCUT2D eigenvalue weighted by Gasteiger charge is -2.12. The van der Waals surface area contributed by atoms with Crippen molar-refractivity contribution in [3.8, 4) is 11.5 Å². The second kappa shape index (κ2) is 7.25. The van der Waals surface area contributed by atoms with E-state index in [2.05, 4.69) is 5.32 Å². The molecule has 0 aromatic heterocycles. The second-order valence-electron chi connectivity index (χ2n) is 3.81. The number of methoxy groups -OCH3 is 2. The van der Waals surface area contributed by atoms with Crippen LogP contribution in [0, 0.1) is 0 Å². The number of nitrogens with one attached hydrogen (secondary N) is 1. The number of carbonyl (C=O) groups is 2. The van der Waals surface area contributed by atoms with E-state index in [0.29, 0.717) is 17.1 Å². The van der Waals surface area contributed by atoms with Crippen LogP contribution in [0.2, 0.25) is 0 Å². The minimum Gasteiger partial charge on any atom is -0.496 e. The van der Waals surface area contributed by atoms with Crippen LogP contribution in [0.1, 0.15) is 12.0 Å². The molecule has 0 aliphatic rings. The maximum Gasteiger partial charge on any atom is 0.305 e. The molecule has 0 radical (unpaired) electrons. The highest BCUT2D eigenvalue weighted by atomic mass is 16.5. The lowest BCUT2D eigenvalue weighted by atomic mass is 10.1. The highest BCUT2D eigenvalue weighted by Gasteiger charge is 2.13. The molecule has 19 heavy (non-hydrogen) atoms. The summed E-state index contributed by atoms with van der Waals surface area (Å²) in [4.78, 5) is 22.1. The van der Waals surface area contributed by atoms with Gasteiger partial charge in [-0.1, -0.05) is 6.07 Å². The first-order chi connectivity index (χ1) is 9.08. The molecule has 2 N–H and O–H groups in total. The summed E-state index contributed by atoms with van der Waals surface area (Å²) >= 11 is 0. The quantitative estimate of drug-likeness (QED) is 0.764. The van der Waals surface area contributed by atoms with Crippen molar-refractivity contribution in [1.82, 2.24) is 5.32 Å². The summed E-state index contributed by atoms with van der Waals surface area (Å²) in [6, 6.07) is 5.24. The molecular formula is C13H17NO5. The fourth-order valence-corrected chi connectivity index (χ4v) is 1.63. The largest absolute Gasteiger partial charge is 0.496 e. The van der Waals surface area contributed by atoms with E-state index in [-0.39, 0.29) is 25.3 Å². The number of amides is 1. The van der Waals surface area contributed by atoms with Crippen LogP contribution in [0.25, 0.3) is 0 Å². The summed E-state index contributed by atoms with van der Waals surface area (Å²) in [5, 5.41) is 11.0. The Labute approximate surface area is 111 Å². The van der Waals surface area contributed by atoms with Crippen LogP contribution in [0.15, 0.2) is 18.2 Å². The Bertz CT molecular complexity index is 436. The first-order valence-electron chi connectivity index (χ1n) is 5.76. The van der Waals surface area contributed by atoms with Gasteiger partial charge in [-0.2, -0.15) is 0 Å². The molecule has 0 spiro atoms. The number of carboxylic acid groups (broad SMARTS) is 1. The molecule has 0 bridgehead atoms. The number of hydrogen-bond acceptors (Lipinski definition) is 4. The normalized spacial score (nSPS) is 9.79. The molecular weight excluding hydrogens is 250 g/mol. The first-order valence-corrected chi connectivity index (χ1v) is 5.76. The summed E-state index contributed by atoms with van der Waals surface area (Å²) < 4.78 is 10.4. The van der Waals surface area contributed by atoms with Crippen LogP contribution >= 0.6 is 0 Å². The Morgan fingerprint density at radius 2 is 1.79 bits per heavy atom. The molecule has 0 fully saturated rings. The van der Waals surface area contributed by atoms with Crippen molar-refractivity contribution in [3.63, 3.8) is 0 Å². The van der Waals surface area contributed by atoms with Gasteiger partial charge in [-0.25, -0.2) is 0 Å². The van der Waals surface area contributed by atoms with Gasteiger partial charge in [0, 0.05) is 12.1 Å². The SMILES string of the molecule is COc1cccc(OC)c1CC(=O)NCCC(=O)O. The molecule has 104 valence electrons. The third-order valence-corrected chi connectivity index (χ3v) is 2.53. The molecule has 1 aromatic carbocycles. The third-order valence-electron chi connectivity index (χ3n) is 2.53. The summed E-state index contributed by atoms with van der Waals surface area (Å²) in [6.07, 6.45) is -0.0262. The predicted molar refractivity (Wildman–Crippen MR) is 68.5 cm³/mol. The van der Waals surface area contributed by atoms with E-state index < -0.39 is 5.97 Å². The van der Waals surface area contributed by atoms with Crippen molar-refractivity contribution in [2.75, 3.05) is 20.8 Å². The average Bonchev–Trinajstić information content (AvgIpc) is 2.38. The van der Waals surface area contributed by atoms with E-state index in [0.717, 1.165) is 0 Å². The maximum atomic E-state index is 11.7. The topological polar surface area (TPSA) is 84.9 Å². The van der Waals surface area contributed by atoms with E-state index >= 15 is 0 Å². The van der Waals surface area contributed by atoms with Crippen molar-refractivity contribution >= 4 is 11.9 Å². The zero-order valence-corrected chi connectivity index (χ0v) is 10.9. The van der Waals surface area contributed by atoms with Gasteiger partial charge in [0.05, 0.1) is 27.1 Å². The molecule has 0 saturated carbocycles. The van der Waals surface area contributed by atoms with Gasteiger partial charge in [-0.05, 0) is 12.1 Å². The zero-order valence-electron chi connectivity index (χ0n) is 10.9. The molecule has 1 rings (SSSR count). The number of benzene rings is 1. The highest BCUT2D eigenvalue weighted by molar-refractivity contribution is 5.80. The van der Waals surface area contributed by atoms with Crippen LogP contribution in [-0.2, 0) is 16.0 Å². The van der Waals surface area contributed by atoms with Crippen LogP contribution in [0.5, 0.6) is 11.5 Å². The minimum absolute atomic E-state index is 0.0762. The molecule has 0 aliphatic carbocycles. The van der Waals surface area contributed by atoms with Gasteiger partial charge in [0.25, 0.3) is 0 Å². The summed E-state index contributed by atoms with van der Waals surface area (Å²) in [6.45, 7) is 0.103. The van der Waals surface area contributed by atoms with Crippen molar-refractivity contribution < 1.29 is 24.2 Å². The smallest absolute Gasteiger partial charge is 0.305 e. The number of rotatable bonds is 7. The van der Waals surface area contributed by atoms with Crippen LogP contribution in [0.3, 0.4) is 0 Å². The Balaban J connectivity index is 2.69. The number of carboxylic acids is 1. The molecule has 0 atom stereocenters. The van der Waals surface area contributed by atoms with Crippen molar-refractivity contribution in [3.05, 3.63) is 23.8 Å². The van der Waals surface area contributed by atoms with Gasteiger partial charge in [0.1, 0.15) is 11.5 Å². The molecule has 0 unspecified atom stereocenters. The Morgan fingerprint density at radius 1 is 1.21 bits per heavy atom. The number of ether oxygens (including phenoxy) is 2. The Hall–Kier alpha value is -2.24. The number of aliphatic carboxylic acids is 1. The van der Waals surface area contributed by atoms with Gasteiger partial charge in [-0.3, -0.25) is 9.59 Å². The Morgan fingerprint density at radius 3 is 2.26 bits per heavy atom. The van der Waals surface area contributed by atoms with E-state index in [9.17, 15) is 9.59 Å². The van der Waals surface area contributed by atoms with Gasteiger partial charge in [0.2, 0.25) is 5.91 Å². The molecule has 0 saturated heterocycles. The monoisotopic (exact) mass is 267 g/mol. The number of hydrogen-bond donors (Lipinski definition) is 2. The number of carbonyl (C=O) groups excluding carboxylic acids is 1. The first kappa shape index (κ1) is 14.8. The average molecular weight is 267 g/mol. The lowest BCUT2D eigenvalue weighted by Crippen LogP contribution is -2.27. The van der Waals surface area contributed by atoms with Crippen molar-refractivity contribution in [2.45, 2.75) is 12.8 Å².